The lowest BCUT2D eigenvalue weighted by Gasteiger charge is -2.31. The first-order valence-electron chi connectivity index (χ1n) is 7.93. The fraction of sp³-hybridized carbons (Fsp3) is 0.688. The van der Waals surface area contributed by atoms with Crippen LogP contribution in [-0.4, -0.2) is 48.8 Å². The molecule has 2 N–H and O–H groups in total. The summed E-state index contributed by atoms with van der Waals surface area (Å²) >= 11 is 0. The number of nitrogens with one attached hydrogen (secondary N) is 1. The summed E-state index contributed by atoms with van der Waals surface area (Å²) in [6.07, 6.45) is -4.22. The van der Waals surface area contributed by atoms with Crippen molar-refractivity contribution >= 4 is 5.91 Å². The van der Waals surface area contributed by atoms with Crippen LogP contribution in [-0.2, 0) is 10.4 Å². The van der Waals surface area contributed by atoms with Crippen LogP contribution < -0.4 is 5.32 Å². The number of piperidine rings is 1. The number of rotatable bonds is 5. The van der Waals surface area contributed by atoms with Crippen LogP contribution in [0.4, 0.5) is 13.2 Å². The van der Waals surface area contributed by atoms with E-state index in [4.69, 9.17) is 4.42 Å². The Morgan fingerprint density at radius 3 is 2.71 bits per heavy atom. The van der Waals surface area contributed by atoms with Crippen LogP contribution in [0.25, 0.3) is 0 Å². The van der Waals surface area contributed by atoms with Crippen molar-refractivity contribution in [1.29, 1.82) is 0 Å². The molecule has 0 radical (unpaired) electrons. The molecule has 2 unspecified atom stereocenters. The van der Waals surface area contributed by atoms with Gasteiger partial charge < -0.3 is 19.7 Å². The van der Waals surface area contributed by atoms with Gasteiger partial charge in [-0.05, 0) is 51.4 Å². The molecule has 1 aromatic heterocycles. The minimum Gasteiger partial charge on any atom is -0.463 e. The van der Waals surface area contributed by atoms with E-state index < -0.39 is 29.9 Å². The van der Waals surface area contributed by atoms with Gasteiger partial charge >= 0.3 is 6.18 Å². The minimum absolute atomic E-state index is 0.206. The first-order chi connectivity index (χ1) is 11.1. The Kier molecular flexibility index (Phi) is 5.59. The zero-order valence-corrected chi connectivity index (χ0v) is 13.8. The molecular weight excluding hydrogens is 325 g/mol. The maximum absolute atomic E-state index is 13.3. The van der Waals surface area contributed by atoms with Gasteiger partial charge in [-0.25, -0.2) is 0 Å². The quantitative estimate of drug-likeness (QED) is 0.856. The zero-order valence-electron chi connectivity index (χ0n) is 13.8. The van der Waals surface area contributed by atoms with E-state index >= 15 is 0 Å². The molecule has 8 heteroatoms. The number of hydrogen-bond acceptors (Lipinski definition) is 4. The van der Waals surface area contributed by atoms with Crippen LogP contribution in [0.1, 0.15) is 30.8 Å². The van der Waals surface area contributed by atoms with Crippen LogP contribution in [0.5, 0.6) is 0 Å². The summed E-state index contributed by atoms with van der Waals surface area (Å²) in [4.78, 5) is 14.1. The van der Waals surface area contributed by atoms with Gasteiger partial charge in [-0.3, -0.25) is 4.79 Å². The fourth-order valence-corrected chi connectivity index (χ4v) is 2.98. The van der Waals surface area contributed by atoms with E-state index in [1.54, 1.807) is 0 Å². The third kappa shape index (κ3) is 4.30. The molecular formula is C16H23F3N2O3. The lowest BCUT2D eigenvalue weighted by atomic mass is 9.94. The van der Waals surface area contributed by atoms with Crippen LogP contribution in [0.2, 0.25) is 0 Å². The number of nitrogens with zero attached hydrogens (tertiary/aromatic N) is 1. The van der Waals surface area contributed by atoms with E-state index in [0.717, 1.165) is 32.0 Å². The predicted molar refractivity (Wildman–Crippen MR) is 81.2 cm³/mol. The molecule has 1 aromatic rings. The molecule has 0 aromatic carbocycles. The van der Waals surface area contributed by atoms with Gasteiger partial charge in [0.2, 0.25) is 11.5 Å². The third-order valence-corrected chi connectivity index (χ3v) is 4.34. The number of furan rings is 1. The Hall–Kier alpha value is -1.54. The van der Waals surface area contributed by atoms with E-state index in [1.165, 1.54) is 13.0 Å². The smallest absolute Gasteiger partial charge is 0.425 e. The average Bonchev–Trinajstić information content (AvgIpc) is 2.91. The first kappa shape index (κ1) is 18.8. The number of carbonyl (C=O) groups is 1. The summed E-state index contributed by atoms with van der Waals surface area (Å²) in [5.74, 6) is -1.08. The number of amides is 1. The topological polar surface area (TPSA) is 65.7 Å². The van der Waals surface area contributed by atoms with E-state index in [9.17, 15) is 23.1 Å². The summed E-state index contributed by atoms with van der Waals surface area (Å²) in [6.45, 7) is 3.55. The second-order valence-corrected chi connectivity index (χ2v) is 6.52. The number of hydrogen-bond donors (Lipinski definition) is 2. The highest BCUT2D eigenvalue weighted by Crippen LogP contribution is 2.42. The van der Waals surface area contributed by atoms with Gasteiger partial charge in [-0.15, -0.1) is 0 Å². The number of likely N-dealkylation sites (tertiary alicyclic amines) is 1. The maximum Gasteiger partial charge on any atom is 0.425 e. The van der Waals surface area contributed by atoms with Crippen LogP contribution in [0.3, 0.4) is 0 Å². The monoisotopic (exact) mass is 348 g/mol. The Labute approximate surface area is 138 Å². The molecule has 0 saturated carbocycles. The fourth-order valence-electron chi connectivity index (χ4n) is 2.98. The van der Waals surface area contributed by atoms with Crippen molar-refractivity contribution in [3.05, 3.63) is 23.7 Å². The Balaban J connectivity index is 2.00. The van der Waals surface area contributed by atoms with Gasteiger partial charge in [0.05, 0.1) is 6.42 Å². The Morgan fingerprint density at radius 1 is 1.46 bits per heavy atom. The van der Waals surface area contributed by atoms with Crippen molar-refractivity contribution in [3.8, 4) is 0 Å². The lowest BCUT2D eigenvalue weighted by Crippen LogP contribution is -2.47. The van der Waals surface area contributed by atoms with Crippen molar-refractivity contribution in [3.63, 3.8) is 0 Å². The van der Waals surface area contributed by atoms with Gasteiger partial charge in [-0.2, -0.15) is 13.2 Å². The summed E-state index contributed by atoms with van der Waals surface area (Å²) in [5, 5.41) is 12.6. The third-order valence-electron chi connectivity index (χ3n) is 4.34. The number of carbonyl (C=O) groups excluding carboxylic acids is 1. The summed E-state index contributed by atoms with van der Waals surface area (Å²) in [7, 11) is 1.97. The predicted octanol–water partition coefficient (Wildman–Crippen LogP) is 2.19. The molecule has 0 spiro atoms. The molecule has 5 nitrogen and oxygen atoms in total. The Morgan fingerprint density at radius 2 is 2.17 bits per heavy atom. The SMILES string of the molecule is Cc1ccc(C(O)(CC(=O)NCC2CCCN(C)C2)C(F)(F)F)o1. The largest absolute Gasteiger partial charge is 0.463 e. The highest BCUT2D eigenvalue weighted by Gasteiger charge is 2.58. The number of alkyl halides is 3. The zero-order chi connectivity index (χ0) is 18.0. The highest BCUT2D eigenvalue weighted by molar-refractivity contribution is 5.77. The lowest BCUT2D eigenvalue weighted by molar-refractivity contribution is -0.273. The van der Waals surface area contributed by atoms with Crippen molar-refractivity contribution in [2.24, 2.45) is 5.92 Å². The standard InChI is InChI=1S/C16H23F3N2O3/c1-11-5-6-13(24-11)15(23,16(17,18)19)8-14(22)20-9-12-4-3-7-21(2)10-12/h5-6,12,23H,3-4,7-10H2,1-2H3,(H,20,22). The Bertz CT molecular complexity index is 573. The summed E-state index contributed by atoms with van der Waals surface area (Å²) < 4.78 is 44.9. The van der Waals surface area contributed by atoms with Crippen LogP contribution in [0, 0.1) is 12.8 Å². The molecule has 1 amide bonds. The molecule has 24 heavy (non-hydrogen) atoms. The van der Waals surface area contributed by atoms with Crippen LogP contribution >= 0.6 is 0 Å². The molecule has 1 aliphatic rings. The highest BCUT2D eigenvalue weighted by atomic mass is 19.4. The van der Waals surface area contributed by atoms with Gasteiger partial charge in [-0.1, -0.05) is 0 Å². The van der Waals surface area contributed by atoms with Gasteiger partial charge in [0.1, 0.15) is 11.5 Å². The van der Waals surface area contributed by atoms with E-state index in [1.807, 2.05) is 7.05 Å². The van der Waals surface area contributed by atoms with Gasteiger partial charge in [0, 0.05) is 13.1 Å². The number of aryl methyl sites for hydroxylation is 1. The summed E-state index contributed by atoms with van der Waals surface area (Å²) in [6, 6.07) is 2.37. The molecule has 2 rings (SSSR count). The molecule has 1 aliphatic heterocycles. The number of aliphatic hydroxyl groups is 1. The second kappa shape index (κ2) is 7.14. The molecule has 0 aliphatic carbocycles. The van der Waals surface area contributed by atoms with E-state index in [-0.39, 0.29) is 11.7 Å². The molecule has 1 fully saturated rings. The normalized spacial score (nSPS) is 22.2. The van der Waals surface area contributed by atoms with Crippen molar-refractivity contribution in [2.75, 3.05) is 26.7 Å². The van der Waals surface area contributed by atoms with Crippen LogP contribution in [0.15, 0.2) is 16.5 Å². The second-order valence-electron chi connectivity index (χ2n) is 6.52. The van der Waals surface area contributed by atoms with Gasteiger partial charge in [0.25, 0.3) is 0 Å². The molecule has 2 atom stereocenters. The minimum atomic E-state index is -5.01. The average molecular weight is 348 g/mol. The molecule has 2 heterocycles. The maximum atomic E-state index is 13.3. The van der Waals surface area contributed by atoms with Crippen molar-refractivity contribution in [1.82, 2.24) is 10.2 Å². The first-order valence-corrected chi connectivity index (χ1v) is 7.93. The van der Waals surface area contributed by atoms with E-state index in [0.29, 0.717) is 6.54 Å². The van der Waals surface area contributed by atoms with Crippen molar-refractivity contribution in [2.45, 2.75) is 38.0 Å². The molecule has 1 saturated heterocycles. The molecule has 0 bridgehead atoms. The van der Waals surface area contributed by atoms with E-state index in [2.05, 4.69) is 10.2 Å². The van der Waals surface area contributed by atoms with Gasteiger partial charge in [0.15, 0.2) is 0 Å². The number of halogens is 3. The molecule has 136 valence electrons. The van der Waals surface area contributed by atoms with Crippen molar-refractivity contribution < 1.29 is 27.5 Å². The summed E-state index contributed by atoms with van der Waals surface area (Å²) in [5.41, 5.74) is -3.32.